The first-order valence-electron chi connectivity index (χ1n) is 9.49. The van der Waals surface area contributed by atoms with Crippen LogP contribution < -0.4 is 10.2 Å². The molecule has 1 amide bonds. The van der Waals surface area contributed by atoms with Gasteiger partial charge in [-0.15, -0.1) is 0 Å². The van der Waals surface area contributed by atoms with Gasteiger partial charge in [0.05, 0.1) is 18.7 Å². The van der Waals surface area contributed by atoms with E-state index in [4.69, 9.17) is 0 Å². The Morgan fingerprint density at radius 2 is 1.96 bits per heavy atom. The van der Waals surface area contributed by atoms with E-state index in [-0.39, 0.29) is 5.91 Å². The number of amides is 1. The first kappa shape index (κ1) is 17.5. The van der Waals surface area contributed by atoms with Crippen molar-refractivity contribution in [1.29, 1.82) is 0 Å². The molecule has 0 aliphatic carbocycles. The molecule has 0 atom stereocenters. The van der Waals surface area contributed by atoms with E-state index in [1.165, 1.54) is 12.8 Å². The zero-order valence-corrected chi connectivity index (χ0v) is 15.9. The van der Waals surface area contributed by atoms with Crippen molar-refractivity contribution in [2.45, 2.75) is 32.7 Å². The number of nitrogens with zero attached hydrogens (tertiary/aromatic N) is 4. The third-order valence-corrected chi connectivity index (χ3v) is 5.08. The first-order chi connectivity index (χ1) is 13.1. The minimum atomic E-state index is 0.00495. The maximum atomic E-state index is 12.5. The molecule has 1 N–H and O–H groups in total. The van der Waals surface area contributed by atoms with Gasteiger partial charge in [-0.05, 0) is 37.5 Å². The number of aromatic nitrogens is 3. The monoisotopic (exact) mass is 363 g/mol. The molecular formula is C21H25N5O. The Labute approximate surface area is 159 Å². The molecule has 0 radical (unpaired) electrons. The molecule has 3 aromatic rings. The normalized spacial score (nSPS) is 14.1. The van der Waals surface area contributed by atoms with Crippen LogP contribution in [0.2, 0.25) is 0 Å². The molecule has 4 rings (SSSR count). The lowest BCUT2D eigenvalue weighted by atomic mass is 10.1. The van der Waals surface area contributed by atoms with Crippen molar-refractivity contribution < 1.29 is 4.79 Å². The fourth-order valence-corrected chi connectivity index (χ4v) is 3.76. The Balaban J connectivity index is 1.43. The number of carbonyl (C=O) groups excluding carboxylic acids is 1. The smallest absolute Gasteiger partial charge is 0.225 e. The van der Waals surface area contributed by atoms with Crippen LogP contribution in [0.5, 0.6) is 0 Å². The zero-order valence-electron chi connectivity index (χ0n) is 15.9. The Morgan fingerprint density at radius 1 is 1.19 bits per heavy atom. The molecule has 0 unspecified atom stereocenters. The third-order valence-electron chi connectivity index (χ3n) is 5.08. The largest absolute Gasteiger partial charge is 0.350 e. The highest BCUT2D eigenvalue weighted by Crippen LogP contribution is 2.21. The Morgan fingerprint density at radius 3 is 2.78 bits per heavy atom. The predicted molar refractivity (Wildman–Crippen MR) is 107 cm³/mol. The summed E-state index contributed by atoms with van der Waals surface area (Å²) in [5.74, 6) is 0.788. The van der Waals surface area contributed by atoms with Crippen molar-refractivity contribution in [3.8, 4) is 0 Å². The molecule has 0 spiro atoms. The predicted octanol–water partition coefficient (Wildman–Crippen LogP) is 2.74. The second-order valence-electron chi connectivity index (χ2n) is 7.23. The molecule has 1 aliphatic heterocycles. The Bertz CT molecular complexity index is 972. The van der Waals surface area contributed by atoms with Gasteiger partial charge in [-0.2, -0.15) is 0 Å². The number of carbonyl (C=O) groups is 1. The van der Waals surface area contributed by atoms with Crippen LogP contribution in [0.1, 0.15) is 29.8 Å². The summed E-state index contributed by atoms with van der Waals surface area (Å²) in [6.07, 6.45) is 4.78. The summed E-state index contributed by atoms with van der Waals surface area (Å²) in [6, 6.07) is 10.1. The number of benzene rings is 1. The van der Waals surface area contributed by atoms with E-state index in [0.29, 0.717) is 13.0 Å². The van der Waals surface area contributed by atoms with Crippen molar-refractivity contribution in [3.05, 3.63) is 53.5 Å². The fourth-order valence-electron chi connectivity index (χ4n) is 3.76. The molecule has 6 nitrogen and oxygen atoms in total. The van der Waals surface area contributed by atoms with Gasteiger partial charge in [-0.25, -0.2) is 9.97 Å². The van der Waals surface area contributed by atoms with Crippen molar-refractivity contribution >= 4 is 22.8 Å². The first-order valence-corrected chi connectivity index (χ1v) is 9.49. The lowest BCUT2D eigenvalue weighted by molar-refractivity contribution is -0.120. The number of fused-ring (bicyclic) bond motifs is 1. The van der Waals surface area contributed by atoms with Crippen LogP contribution in [0, 0.1) is 6.92 Å². The summed E-state index contributed by atoms with van der Waals surface area (Å²) < 4.78 is 2.06. The average Bonchev–Trinajstić information content (AvgIpc) is 3.29. The van der Waals surface area contributed by atoms with Crippen LogP contribution in [0.15, 0.2) is 36.5 Å². The van der Waals surface area contributed by atoms with Crippen LogP contribution >= 0.6 is 0 Å². The summed E-state index contributed by atoms with van der Waals surface area (Å²) in [6.45, 7) is 4.42. The van der Waals surface area contributed by atoms with Crippen LogP contribution in [-0.4, -0.2) is 33.5 Å². The van der Waals surface area contributed by atoms with Crippen LogP contribution in [0.3, 0.4) is 0 Å². The molecule has 1 aromatic carbocycles. The van der Waals surface area contributed by atoms with E-state index in [9.17, 15) is 4.79 Å². The van der Waals surface area contributed by atoms with Gasteiger partial charge in [0.25, 0.3) is 0 Å². The van der Waals surface area contributed by atoms with E-state index in [0.717, 1.165) is 46.9 Å². The molecule has 1 fully saturated rings. The van der Waals surface area contributed by atoms with Crippen LogP contribution in [-0.2, 0) is 24.8 Å². The zero-order chi connectivity index (χ0) is 18.8. The summed E-state index contributed by atoms with van der Waals surface area (Å²) in [4.78, 5) is 23.9. The van der Waals surface area contributed by atoms with Crippen LogP contribution in [0.4, 0.5) is 5.95 Å². The number of anilines is 1. The van der Waals surface area contributed by atoms with E-state index in [1.54, 1.807) is 0 Å². The van der Waals surface area contributed by atoms with Crippen molar-refractivity contribution in [2.24, 2.45) is 7.05 Å². The summed E-state index contributed by atoms with van der Waals surface area (Å²) in [5.41, 5.74) is 3.98. The molecule has 27 heavy (non-hydrogen) atoms. The van der Waals surface area contributed by atoms with Gasteiger partial charge in [0, 0.05) is 42.9 Å². The summed E-state index contributed by atoms with van der Waals surface area (Å²) in [7, 11) is 2.01. The SMILES string of the molecule is Cc1cc(CNC(=O)Cc2cn(C)c3ccccc23)nc(N2CCCC2)n1. The summed E-state index contributed by atoms with van der Waals surface area (Å²) >= 11 is 0. The van der Waals surface area contributed by atoms with E-state index in [1.807, 2.05) is 38.4 Å². The number of hydrogen-bond acceptors (Lipinski definition) is 4. The molecule has 1 aliphatic rings. The highest BCUT2D eigenvalue weighted by atomic mass is 16.1. The molecule has 3 heterocycles. The highest BCUT2D eigenvalue weighted by molar-refractivity contribution is 5.89. The molecule has 2 aromatic heterocycles. The van der Waals surface area contributed by atoms with E-state index < -0.39 is 0 Å². The van der Waals surface area contributed by atoms with Gasteiger partial charge < -0.3 is 14.8 Å². The quantitative estimate of drug-likeness (QED) is 0.757. The van der Waals surface area contributed by atoms with Crippen molar-refractivity contribution in [3.63, 3.8) is 0 Å². The van der Waals surface area contributed by atoms with Crippen molar-refractivity contribution in [1.82, 2.24) is 19.9 Å². The van der Waals surface area contributed by atoms with Gasteiger partial charge in [0.1, 0.15) is 0 Å². The number of rotatable bonds is 5. The van der Waals surface area contributed by atoms with Gasteiger partial charge in [0.2, 0.25) is 11.9 Å². The molecule has 6 heteroatoms. The Kier molecular flexibility index (Phi) is 4.79. The van der Waals surface area contributed by atoms with Gasteiger partial charge in [-0.3, -0.25) is 4.79 Å². The lowest BCUT2D eigenvalue weighted by Crippen LogP contribution is -2.26. The van der Waals surface area contributed by atoms with Crippen LogP contribution in [0.25, 0.3) is 10.9 Å². The fraction of sp³-hybridized carbons (Fsp3) is 0.381. The maximum Gasteiger partial charge on any atom is 0.225 e. The molecule has 0 bridgehead atoms. The maximum absolute atomic E-state index is 12.5. The number of hydrogen-bond donors (Lipinski definition) is 1. The molecule has 0 saturated carbocycles. The van der Waals surface area contributed by atoms with Gasteiger partial charge >= 0.3 is 0 Å². The number of aryl methyl sites for hydroxylation is 2. The summed E-state index contributed by atoms with van der Waals surface area (Å²) in [5, 5.41) is 4.14. The molecular weight excluding hydrogens is 338 g/mol. The van der Waals surface area contributed by atoms with E-state index in [2.05, 4.69) is 36.9 Å². The number of para-hydroxylation sites is 1. The topological polar surface area (TPSA) is 63.1 Å². The van der Waals surface area contributed by atoms with Gasteiger partial charge in [-0.1, -0.05) is 18.2 Å². The van der Waals surface area contributed by atoms with E-state index >= 15 is 0 Å². The minimum absolute atomic E-state index is 0.00495. The number of nitrogens with one attached hydrogen (secondary N) is 1. The minimum Gasteiger partial charge on any atom is -0.350 e. The third kappa shape index (κ3) is 3.79. The van der Waals surface area contributed by atoms with Crippen molar-refractivity contribution in [2.75, 3.05) is 18.0 Å². The average molecular weight is 363 g/mol. The molecule has 1 saturated heterocycles. The standard InChI is InChI=1S/C21H25N5O/c1-15-11-17(24-21(23-15)26-9-5-6-10-26)13-22-20(27)12-16-14-25(2)19-8-4-3-7-18(16)19/h3-4,7-8,11,14H,5-6,9-10,12-13H2,1-2H3,(H,22,27). The van der Waals surface area contributed by atoms with Gasteiger partial charge in [0.15, 0.2) is 0 Å². The Hall–Kier alpha value is -2.89. The second kappa shape index (κ2) is 7.39. The second-order valence-corrected chi connectivity index (χ2v) is 7.23. The molecule has 140 valence electrons. The highest BCUT2D eigenvalue weighted by Gasteiger charge is 2.16. The lowest BCUT2D eigenvalue weighted by Gasteiger charge is -2.16.